The van der Waals surface area contributed by atoms with Crippen LogP contribution in [0.4, 0.5) is 0 Å². The summed E-state index contributed by atoms with van der Waals surface area (Å²) in [7, 11) is 0. The molecule has 0 aliphatic heterocycles. The quantitative estimate of drug-likeness (QED) is 0.570. The number of nitrogens with one attached hydrogen (secondary N) is 4. The van der Waals surface area contributed by atoms with E-state index in [-0.39, 0.29) is 30.2 Å². The van der Waals surface area contributed by atoms with Crippen LogP contribution in [0.3, 0.4) is 0 Å². The number of H-pyrrole nitrogens is 1. The van der Waals surface area contributed by atoms with Crippen LogP contribution in [-0.2, 0) is 20.8 Å². The average Bonchev–Trinajstić information content (AvgIpc) is 3.12. The monoisotopic (exact) mass is 408 g/mol. The summed E-state index contributed by atoms with van der Waals surface area (Å²) in [6.45, 7) is -0.117. The first-order chi connectivity index (χ1) is 14.5. The second kappa shape index (κ2) is 7.45. The minimum Gasteiger partial charge on any atom is -0.361 e. The predicted molar refractivity (Wildman–Crippen MR) is 112 cm³/mol. The lowest BCUT2D eigenvalue weighted by molar-refractivity contribution is -0.147. The highest BCUT2D eigenvalue weighted by molar-refractivity contribution is 5.91. The number of aromatic nitrogens is 1. The molecule has 4 aliphatic rings. The van der Waals surface area contributed by atoms with Crippen molar-refractivity contribution in [3.05, 3.63) is 36.0 Å². The van der Waals surface area contributed by atoms with E-state index in [1.54, 1.807) is 6.20 Å². The van der Waals surface area contributed by atoms with Gasteiger partial charge in [-0.15, -0.1) is 0 Å². The number of hydrogen-bond acceptors (Lipinski definition) is 3. The van der Waals surface area contributed by atoms with Gasteiger partial charge in [-0.1, -0.05) is 18.2 Å². The highest BCUT2D eigenvalue weighted by atomic mass is 16.2. The van der Waals surface area contributed by atoms with E-state index in [0.29, 0.717) is 17.8 Å². The van der Waals surface area contributed by atoms with E-state index in [0.717, 1.165) is 35.7 Å². The molecular formula is C23H28N4O3. The molecule has 0 unspecified atom stereocenters. The van der Waals surface area contributed by atoms with Crippen LogP contribution in [0.5, 0.6) is 0 Å². The number of fused-ring (bicyclic) bond motifs is 1. The van der Waals surface area contributed by atoms with Gasteiger partial charge < -0.3 is 10.3 Å². The van der Waals surface area contributed by atoms with Gasteiger partial charge in [-0.05, 0) is 67.9 Å². The van der Waals surface area contributed by atoms with Crippen molar-refractivity contribution in [1.29, 1.82) is 0 Å². The Hall–Kier alpha value is -2.83. The first kappa shape index (κ1) is 19.2. The maximum absolute atomic E-state index is 12.9. The van der Waals surface area contributed by atoms with Crippen molar-refractivity contribution < 1.29 is 14.4 Å². The topological polar surface area (TPSA) is 103 Å². The van der Waals surface area contributed by atoms with Crippen molar-refractivity contribution in [2.75, 3.05) is 6.54 Å². The molecule has 0 atom stereocenters. The third-order valence-electron chi connectivity index (χ3n) is 7.30. The van der Waals surface area contributed by atoms with Crippen LogP contribution in [0.25, 0.3) is 10.9 Å². The fraction of sp³-hybridized carbons (Fsp3) is 0.522. The zero-order valence-electron chi connectivity index (χ0n) is 17.0. The molecule has 6 rings (SSSR count). The summed E-state index contributed by atoms with van der Waals surface area (Å²) in [4.78, 5) is 40.4. The average molecular weight is 409 g/mol. The molecule has 1 aromatic carbocycles. The fourth-order valence-corrected chi connectivity index (χ4v) is 6.42. The zero-order chi connectivity index (χ0) is 20.7. The molecule has 4 aliphatic carbocycles. The van der Waals surface area contributed by atoms with Crippen molar-refractivity contribution in [2.45, 2.75) is 44.9 Å². The number of carbonyl (C=O) groups is 3. The maximum atomic E-state index is 12.9. The predicted octanol–water partition coefficient (Wildman–Crippen LogP) is 2.19. The Kier molecular flexibility index (Phi) is 4.76. The van der Waals surface area contributed by atoms with Crippen LogP contribution in [-0.4, -0.2) is 29.3 Å². The number of aromatic amines is 1. The van der Waals surface area contributed by atoms with Gasteiger partial charge in [-0.25, -0.2) is 0 Å². The SMILES string of the molecule is O=C(CNC(=O)C12CC3CC(CC(C3)C1)C2)NNC(=O)Cc1c[nH]c2ccccc12. The normalized spacial score (nSPS) is 29.0. The number of amides is 3. The van der Waals surface area contributed by atoms with Gasteiger partial charge in [0.05, 0.1) is 13.0 Å². The van der Waals surface area contributed by atoms with E-state index < -0.39 is 5.91 Å². The Morgan fingerprint density at radius 2 is 1.57 bits per heavy atom. The summed E-state index contributed by atoms with van der Waals surface area (Å²) < 4.78 is 0. The lowest BCUT2D eigenvalue weighted by atomic mass is 9.49. The second-order valence-electron chi connectivity index (χ2n) is 9.51. The van der Waals surface area contributed by atoms with Gasteiger partial charge in [0.2, 0.25) is 11.8 Å². The number of hydrazine groups is 1. The summed E-state index contributed by atoms with van der Waals surface area (Å²) in [6, 6.07) is 7.75. The highest BCUT2D eigenvalue weighted by Gasteiger charge is 2.54. The molecular weight excluding hydrogens is 380 g/mol. The molecule has 2 aromatic rings. The summed E-state index contributed by atoms with van der Waals surface area (Å²) in [5.41, 5.74) is 6.42. The zero-order valence-corrected chi connectivity index (χ0v) is 17.0. The van der Waals surface area contributed by atoms with Gasteiger partial charge in [0.25, 0.3) is 5.91 Å². The molecule has 7 heteroatoms. The van der Waals surface area contributed by atoms with Crippen LogP contribution < -0.4 is 16.2 Å². The number of para-hydroxylation sites is 1. The molecule has 0 radical (unpaired) electrons. The Balaban J connectivity index is 1.09. The smallest absolute Gasteiger partial charge is 0.257 e. The summed E-state index contributed by atoms with van der Waals surface area (Å²) in [5, 5.41) is 3.81. The molecule has 0 saturated heterocycles. The van der Waals surface area contributed by atoms with Gasteiger partial charge in [-0.3, -0.25) is 25.2 Å². The van der Waals surface area contributed by atoms with Gasteiger partial charge in [0.1, 0.15) is 0 Å². The molecule has 0 spiro atoms. The van der Waals surface area contributed by atoms with Crippen LogP contribution in [0.15, 0.2) is 30.5 Å². The number of rotatable bonds is 5. The first-order valence-corrected chi connectivity index (χ1v) is 10.9. The van der Waals surface area contributed by atoms with Crippen molar-refractivity contribution in [2.24, 2.45) is 23.2 Å². The highest BCUT2D eigenvalue weighted by Crippen LogP contribution is 2.60. The first-order valence-electron chi connectivity index (χ1n) is 10.9. The number of hydrogen-bond donors (Lipinski definition) is 4. The van der Waals surface area contributed by atoms with Crippen LogP contribution >= 0.6 is 0 Å². The maximum Gasteiger partial charge on any atom is 0.257 e. The lowest BCUT2D eigenvalue weighted by Crippen LogP contribution is -2.55. The van der Waals surface area contributed by atoms with Gasteiger partial charge in [-0.2, -0.15) is 0 Å². The van der Waals surface area contributed by atoms with Crippen molar-refractivity contribution >= 4 is 28.6 Å². The molecule has 158 valence electrons. The van der Waals surface area contributed by atoms with E-state index in [2.05, 4.69) is 21.2 Å². The van der Waals surface area contributed by atoms with Gasteiger partial charge >= 0.3 is 0 Å². The molecule has 4 bridgehead atoms. The minimum absolute atomic E-state index is 0.0156. The molecule has 7 nitrogen and oxygen atoms in total. The fourth-order valence-electron chi connectivity index (χ4n) is 6.42. The Bertz CT molecular complexity index is 960. The standard InChI is InChI=1S/C23H28N4O3/c28-20(8-17-12-24-19-4-2-1-3-18(17)19)26-27-21(29)13-25-22(30)23-9-14-5-15(10-23)7-16(6-14)11-23/h1-4,12,14-16,24H,5-11,13H2,(H,25,30)(H,26,28)(H,27,29). The number of benzene rings is 1. The van der Waals surface area contributed by atoms with Crippen LogP contribution in [0.1, 0.15) is 44.1 Å². The molecule has 4 saturated carbocycles. The Morgan fingerprint density at radius 1 is 0.933 bits per heavy atom. The molecule has 4 fully saturated rings. The van der Waals surface area contributed by atoms with Crippen molar-refractivity contribution in [1.82, 2.24) is 21.2 Å². The van der Waals surface area contributed by atoms with Gasteiger partial charge in [0, 0.05) is 22.5 Å². The Morgan fingerprint density at radius 3 is 2.27 bits per heavy atom. The third kappa shape index (κ3) is 3.57. The van der Waals surface area contributed by atoms with Crippen molar-refractivity contribution in [3.8, 4) is 0 Å². The summed E-state index contributed by atoms with van der Waals surface area (Å²) >= 11 is 0. The molecule has 4 N–H and O–H groups in total. The van der Waals surface area contributed by atoms with E-state index in [1.807, 2.05) is 24.3 Å². The molecule has 30 heavy (non-hydrogen) atoms. The van der Waals surface area contributed by atoms with E-state index in [9.17, 15) is 14.4 Å². The van der Waals surface area contributed by atoms with Crippen LogP contribution in [0.2, 0.25) is 0 Å². The molecule has 1 aromatic heterocycles. The van der Waals surface area contributed by atoms with Gasteiger partial charge in [0.15, 0.2) is 0 Å². The number of carbonyl (C=O) groups excluding carboxylic acids is 3. The minimum atomic E-state index is -0.416. The summed E-state index contributed by atoms with van der Waals surface area (Å²) in [6.07, 6.45) is 8.68. The van der Waals surface area contributed by atoms with Crippen LogP contribution in [0, 0.1) is 23.2 Å². The van der Waals surface area contributed by atoms with E-state index in [1.165, 1.54) is 19.3 Å². The third-order valence-corrected chi connectivity index (χ3v) is 7.30. The molecule has 1 heterocycles. The second-order valence-corrected chi connectivity index (χ2v) is 9.51. The Labute approximate surface area is 175 Å². The lowest BCUT2D eigenvalue weighted by Gasteiger charge is -2.55. The largest absolute Gasteiger partial charge is 0.361 e. The van der Waals surface area contributed by atoms with Crippen molar-refractivity contribution in [3.63, 3.8) is 0 Å². The van der Waals surface area contributed by atoms with E-state index >= 15 is 0 Å². The molecule has 3 amide bonds. The summed E-state index contributed by atoms with van der Waals surface area (Å²) in [5.74, 6) is 1.33. The van der Waals surface area contributed by atoms with E-state index in [4.69, 9.17) is 0 Å².